The van der Waals surface area contributed by atoms with Crippen LogP contribution < -0.4 is 5.43 Å². The van der Waals surface area contributed by atoms with Crippen molar-refractivity contribution in [1.82, 2.24) is 20.4 Å². The summed E-state index contributed by atoms with van der Waals surface area (Å²) in [5.74, 6) is 0.427. The van der Waals surface area contributed by atoms with Crippen LogP contribution in [0.1, 0.15) is 11.4 Å². The average molecular weight is 317 g/mol. The highest BCUT2D eigenvalue weighted by atomic mass is 16.2. The molecule has 0 saturated carbocycles. The van der Waals surface area contributed by atoms with E-state index in [1.165, 1.54) is 6.21 Å². The lowest BCUT2D eigenvalue weighted by atomic mass is 10.1. The summed E-state index contributed by atoms with van der Waals surface area (Å²) in [5.41, 5.74) is 6.30. The monoisotopic (exact) mass is 317 g/mol. The Morgan fingerprint density at radius 2 is 1.92 bits per heavy atom. The molecular formula is C18H15N5O. The molecule has 0 saturated heterocycles. The van der Waals surface area contributed by atoms with Gasteiger partial charge in [0.1, 0.15) is 0 Å². The third kappa shape index (κ3) is 2.77. The van der Waals surface area contributed by atoms with E-state index < -0.39 is 0 Å². The smallest absolute Gasteiger partial charge is 0.244 e. The SMILES string of the molecule is O=C(Cc1c[nH]c2ccccc12)NN=Cc1nc2ccccc2[nH]1. The van der Waals surface area contributed by atoms with Gasteiger partial charge in [-0.3, -0.25) is 4.79 Å². The molecule has 24 heavy (non-hydrogen) atoms. The number of benzene rings is 2. The van der Waals surface area contributed by atoms with E-state index in [0.717, 1.165) is 27.5 Å². The Kier molecular flexibility index (Phi) is 3.55. The van der Waals surface area contributed by atoms with Crippen LogP contribution in [0.4, 0.5) is 0 Å². The second kappa shape index (κ2) is 6.00. The van der Waals surface area contributed by atoms with E-state index in [4.69, 9.17) is 0 Å². The Hall–Kier alpha value is -3.41. The van der Waals surface area contributed by atoms with E-state index in [0.29, 0.717) is 5.82 Å². The molecule has 0 aliphatic rings. The van der Waals surface area contributed by atoms with Crippen molar-refractivity contribution in [3.63, 3.8) is 0 Å². The summed E-state index contributed by atoms with van der Waals surface area (Å²) in [6, 6.07) is 15.6. The zero-order chi connectivity index (χ0) is 16.4. The van der Waals surface area contributed by atoms with E-state index in [-0.39, 0.29) is 12.3 Å². The molecule has 0 spiro atoms. The number of carbonyl (C=O) groups excluding carboxylic acids is 1. The van der Waals surface area contributed by atoms with Crippen LogP contribution in [-0.2, 0) is 11.2 Å². The number of aromatic nitrogens is 3. The molecule has 0 aliphatic heterocycles. The molecule has 1 amide bonds. The Morgan fingerprint density at radius 1 is 1.12 bits per heavy atom. The maximum atomic E-state index is 12.0. The van der Waals surface area contributed by atoms with Gasteiger partial charge in [-0.2, -0.15) is 5.10 Å². The number of H-pyrrole nitrogens is 2. The van der Waals surface area contributed by atoms with Crippen LogP contribution in [-0.4, -0.2) is 27.1 Å². The van der Waals surface area contributed by atoms with Gasteiger partial charge in [-0.05, 0) is 23.8 Å². The number of amides is 1. The van der Waals surface area contributed by atoms with Crippen molar-refractivity contribution in [3.8, 4) is 0 Å². The molecule has 2 heterocycles. The predicted octanol–water partition coefficient (Wildman–Crippen LogP) is 2.74. The first-order chi connectivity index (χ1) is 11.8. The number of para-hydroxylation sites is 3. The lowest BCUT2D eigenvalue weighted by Gasteiger charge is -1.98. The first kappa shape index (κ1) is 14.2. The molecule has 0 radical (unpaired) electrons. The highest BCUT2D eigenvalue weighted by Gasteiger charge is 2.07. The van der Waals surface area contributed by atoms with Gasteiger partial charge in [-0.15, -0.1) is 0 Å². The fourth-order valence-corrected chi connectivity index (χ4v) is 2.69. The number of hydrogen-bond acceptors (Lipinski definition) is 3. The van der Waals surface area contributed by atoms with Crippen molar-refractivity contribution in [1.29, 1.82) is 0 Å². The summed E-state index contributed by atoms with van der Waals surface area (Å²) < 4.78 is 0. The van der Waals surface area contributed by atoms with Gasteiger partial charge in [0.15, 0.2) is 5.82 Å². The maximum Gasteiger partial charge on any atom is 0.244 e. The molecule has 0 atom stereocenters. The summed E-state index contributed by atoms with van der Waals surface area (Å²) >= 11 is 0. The lowest BCUT2D eigenvalue weighted by molar-refractivity contribution is -0.120. The third-order valence-electron chi connectivity index (χ3n) is 3.81. The normalized spacial score (nSPS) is 11.5. The number of aromatic amines is 2. The quantitative estimate of drug-likeness (QED) is 0.399. The average Bonchev–Trinajstić information content (AvgIpc) is 3.19. The molecule has 2 aromatic heterocycles. The van der Waals surface area contributed by atoms with Gasteiger partial charge in [-0.25, -0.2) is 10.4 Å². The van der Waals surface area contributed by atoms with E-state index in [1.807, 2.05) is 54.7 Å². The molecule has 0 fully saturated rings. The minimum Gasteiger partial charge on any atom is -0.361 e. The van der Waals surface area contributed by atoms with Crippen molar-refractivity contribution in [2.24, 2.45) is 5.10 Å². The van der Waals surface area contributed by atoms with Crippen molar-refractivity contribution >= 4 is 34.1 Å². The summed E-state index contributed by atoms with van der Waals surface area (Å²) in [5, 5.41) is 5.02. The van der Waals surface area contributed by atoms with Gasteiger partial charge < -0.3 is 9.97 Å². The Bertz CT molecular complexity index is 1010. The lowest BCUT2D eigenvalue weighted by Crippen LogP contribution is -2.19. The van der Waals surface area contributed by atoms with E-state index in [2.05, 4.69) is 25.5 Å². The summed E-state index contributed by atoms with van der Waals surface area (Å²) in [6.07, 6.45) is 3.63. The topological polar surface area (TPSA) is 85.9 Å². The van der Waals surface area contributed by atoms with Crippen LogP contribution >= 0.6 is 0 Å². The number of nitrogens with zero attached hydrogens (tertiary/aromatic N) is 2. The number of carbonyl (C=O) groups is 1. The largest absolute Gasteiger partial charge is 0.361 e. The molecule has 2 aromatic carbocycles. The van der Waals surface area contributed by atoms with Gasteiger partial charge >= 0.3 is 0 Å². The van der Waals surface area contributed by atoms with Gasteiger partial charge in [-0.1, -0.05) is 30.3 Å². The van der Waals surface area contributed by atoms with Gasteiger partial charge in [0.25, 0.3) is 0 Å². The summed E-state index contributed by atoms with van der Waals surface area (Å²) in [4.78, 5) is 22.7. The summed E-state index contributed by atoms with van der Waals surface area (Å²) in [7, 11) is 0. The standard InChI is InChI=1S/C18H15N5O/c24-18(9-12-10-19-14-6-2-1-5-13(12)14)23-20-11-17-21-15-7-3-4-8-16(15)22-17/h1-8,10-11,19H,9H2,(H,21,22)(H,23,24). The first-order valence-corrected chi connectivity index (χ1v) is 7.61. The Balaban J connectivity index is 1.42. The van der Waals surface area contributed by atoms with Crippen molar-refractivity contribution in [2.75, 3.05) is 0 Å². The molecule has 4 aromatic rings. The minimum absolute atomic E-state index is 0.174. The number of fused-ring (bicyclic) bond motifs is 2. The first-order valence-electron chi connectivity index (χ1n) is 7.61. The second-order valence-corrected chi connectivity index (χ2v) is 5.47. The highest BCUT2D eigenvalue weighted by Crippen LogP contribution is 2.17. The van der Waals surface area contributed by atoms with Crippen LogP contribution in [0.15, 0.2) is 59.8 Å². The molecule has 4 rings (SSSR count). The molecule has 3 N–H and O–H groups in total. The number of rotatable bonds is 4. The Labute approximate surface area is 137 Å². The molecular weight excluding hydrogens is 302 g/mol. The predicted molar refractivity (Wildman–Crippen MR) is 93.8 cm³/mol. The van der Waals surface area contributed by atoms with Crippen LogP contribution in [0.25, 0.3) is 21.9 Å². The zero-order valence-corrected chi connectivity index (χ0v) is 12.8. The molecule has 0 aliphatic carbocycles. The van der Waals surface area contributed by atoms with E-state index >= 15 is 0 Å². The maximum absolute atomic E-state index is 12.0. The van der Waals surface area contributed by atoms with Crippen molar-refractivity contribution in [3.05, 3.63) is 66.1 Å². The van der Waals surface area contributed by atoms with Crippen molar-refractivity contribution in [2.45, 2.75) is 6.42 Å². The van der Waals surface area contributed by atoms with Crippen molar-refractivity contribution < 1.29 is 4.79 Å². The highest BCUT2D eigenvalue weighted by molar-refractivity contribution is 5.89. The van der Waals surface area contributed by atoms with Crippen LogP contribution in [0.3, 0.4) is 0 Å². The molecule has 0 bridgehead atoms. The second-order valence-electron chi connectivity index (χ2n) is 5.47. The van der Waals surface area contributed by atoms with Gasteiger partial charge in [0, 0.05) is 17.1 Å². The van der Waals surface area contributed by atoms with E-state index in [1.54, 1.807) is 0 Å². The van der Waals surface area contributed by atoms with E-state index in [9.17, 15) is 4.79 Å². The van der Waals surface area contributed by atoms with Crippen LogP contribution in [0.2, 0.25) is 0 Å². The molecule has 6 heteroatoms. The zero-order valence-electron chi connectivity index (χ0n) is 12.8. The fraction of sp³-hybridized carbons (Fsp3) is 0.0556. The molecule has 0 unspecified atom stereocenters. The minimum atomic E-state index is -0.174. The number of hydrogen-bond donors (Lipinski definition) is 3. The Morgan fingerprint density at radius 3 is 2.79 bits per heavy atom. The number of nitrogens with one attached hydrogen (secondary N) is 3. The number of imidazole rings is 1. The summed E-state index contributed by atoms with van der Waals surface area (Å²) in [6.45, 7) is 0. The number of hydrazone groups is 1. The molecule has 118 valence electrons. The third-order valence-corrected chi connectivity index (χ3v) is 3.81. The molecule has 6 nitrogen and oxygen atoms in total. The fourth-order valence-electron chi connectivity index (χ4n) is 2.69. The van der Waals surface area contributed by atoms with Gasteiger partial charge in [0.2, 0.25) is 5.91 Å². The van der Waals surface area contributed by atoms with Crippen LogP contribution in [0, 0.1) is 0 Å². The van der Waals surface area contributed by atoms with Gasteiger partial charge in [0.05, 0.1) is 23.7 Å². The van der Waals surface area contributed by atoms with Crippen LogP contribution in [0.5, 0.6) is 0 Å².